The Bertz CT molecular complexity index is 840. The molecule has 0 saturated heterocycles. The minimum absolute atomic E-state index is 0.557. The summed E-state index contributed by atoms with van der Waals surface area (Å²) in [6.07, 6.45) is 4.54. The number of imidazole rings is 1. The molecule has 0 radical (unpaired) electrons. The van der Waals surface area contributed by atoms with Crippen LogP contribution < -0.4 is 5.73 Å². The molecular weight excluding hydrogens is 302 g/mol. The third kappa shape index (κ3) is 2.41. The van der Waals surface area contributed by atoms with Gasteiger partial charge in [-0.2, -0.15) is 0 Å². The summed E-state index contributed by atoms with van der Waals surface area (Å²) < 4.78 is 2.39. The largest absolute Gasteiger partial charge is 0.330 e. The van der Waals surface area contributed by atoms with E-state index in [1.165, 1.54) is 46.7 Å². The van der Waals surface area contributed by atoms with Crippen LogP contribution in [0, 0.1) is 0 Å². The first-order valence-corrected chi connectivity index (χ1v) is 9.33. The molecule has 2 N–H and O–H groups in total. The van der Waals surface area contributed by atoms with Crippen LogP contribution in [0.2, 0.25) is 0 Å². The van der Waals surface area contributed by atoms with E-state index in [1.54, 1.807) is 0 Å². The summed E-state index contributed by atoms with van der Waals surface area (Å²) in [5.41, 5.74) is 12.4. The summed E-state index contributed by atoms with van der Waals surface area (Å²) >= 11 is 1.86. The topological polar surface area (TPSA) is 43.3 Å². The van der Waals surface area contributed by atoms with Gasteiger partial charge in [0.05, 0.1) is 11.4 Å². The highest BCUT2D eigenvalue weighted by Gasteiger charge is 2.23. The quantitative estimate of drug-likeness (QED) is 0.782. The van der Waals surface area contributed by atoms with Gasteiger partial charge in [0.2, 0.25) is 0 Å². The predicted molar refractivity (Wildman–Crippen MR) is 97.4 cm³/mol. The smallest absolute Gasteiger partial charge is 0.194 e. The van der Waals surface area contributed by atoms with Crippen molar-refractivity contribution in [2.24, 2.45) is 5.73 Å². The van der Waals surface area contributed by atoms with Gasteiger partial charge in [-0.3, -0.25) is 4.40 Å². The molecule has 4 heteroatoms. The van der Waals surface area contributed by atoms with Gasteiger partial charge in [0.15, 0.2) is 4.96 Å². The molecule has 3 nitrogen and oxygen atoms in total. The van der Waals surface area contributed by atoms with Gasteiger partial charge >= 0.3 is 0 Å². The number of nitrogens with zero attached hydrogens (tertiary/aromatic N) is 2. The van der Waals surface area contributed by atoms with Crippen molar-refractivity contribution in [3.63, 3.8) is 0 Å². The lowest BCUT2D eigenvalue weighted by Crippen LogP contribution is -2.07. The number of benzene rings is 1. The molecule has 2 aromatic heterocycles. The zero-order valence-corrected chi connectivity index (χ0v) is 14.6. The highest BCUT2D eigenvalue weighted by molar-refractivity contribution is 7.17. The van der Waals surface area contributed by atoms with E-state index in [-0.39, 0.29) is 0 Å². The molecule has 0 saturated carbocycles. The summed E-state index contributed by atoms with van der Waals surface area (Å²) in [6, 6.07) is 8.87. The molecule has 3 aromatic rings. The van der Waals surface area contributed by atoms with E-state index in [0.717, 1.165) is 17.1 Å². The standard InChI is InChI=1S/C19H23N3S/c1-12(2)13-6-8-14(9-7-13)18-16(10-11-20)22-15-4-3-5-17(15)23-19(22)21-18/h6-9,12H,3-5,10-11,20H2,1-2H3. The van der Waals surface area contributed by atoms with Crippen molar-refractivity contribution in [1.82, 2.24) is 9.38 Å². The fourth-order valence-electron chi connectivity index (χ4n) is 3.56. The van der Waals surface area contributed by atoms with E-state index < -0.39 is 0 Å². The van der Waals surface area contributed by atoms with Gasteiger partial charge in [0.1, 0.15) is 0 Å². The first kappa shape index (κ1) is 14.9. The maximum absolute atomic E-state index is 5.90. The van der Waals surface area contributed by atoms with Crippen LogP contribution in [0.15, 0.2) is 24.3 Å². The van der Waals surface area contributed by atoms with Gasteiger partial charge in [-0.15, -0.1) is 11.3 Å². The van der Waals surface area contributed by atoms with Crippen LogP contribution in [0.3, 0.4) is 0 Å². The molecule has 0 fully saturated rings. The van der Waals surface area contributed by atoms with Gasteiger partial charge < -0.3 is 5.73 Å². The lowest BCUT2D eigenvalue weighted by molar-refractivity contribution is 0.853. The Labute approximate surface area is 141 Å². The molecular formula is C19H23N3S. The van der Waals surface area contributed by atoms with Crippen LogP contribution in [0.25, 0.3) is 16.2 Å². The Hall–Kier alpha value is -1.65. The van der Waals surface area contributed by atoms with E-state index >= 15 is 0 Å². The van der Waals surface area contributed by atoms with Gasteiger partial charge in [-0.05, 0) is 37.3 Å². The number of rotatable bonds is 4. The maximum atomic E-state index is 5.90. The number of hydrogen-bond donors (Lipinski definition) is 1. The Morgan fingerprint density at radius 1 is 1.22 bits per heavy atom. The second-order valence-corrected chi connectivity index (χ2v) is 7.73. The van der Waals surface area contributed by atoms with E-state index in [4.69, 9.17) is 10.7 Å². The summed E-state index contributed by atoms with van der Waals surface area (Å²) in [5.74, 6) is 0.557. The Balaban J connectivity index is 1.85. The molecule has 23 heavy (non-hydrogen) atoms. The summed E-state index contributed by atoms with van der Waals surface area (Å²) in [5, 5.41) is 0. The van der Waals surface area contributed by atoms with Crippen LogP contribution in [0.1, 0.15) is 48.0 Å². The van der Waals surface area contributed by atoms with Crippen molar-refractivity contribution in [2.75, 3.05) is 6.54 Å². The lowest BCUT2D eigenvalue weighted by atomic mass is 10.00. The summed E-state index contributed by atoms with van der Waals surface area (Å²) in [7, 11) is 0. The fourth-order valence-corrected chi connectivity index (χ4v) is 4.79. The lowest BCUT2D eigenvalue weighted by Gasteiger charge is -2.08. The monoisotopic (exact) mass is 325 g/mol. The van der Waals surface area contributed by atoms with Gasteiger partial charge in [0, 0.05) is 22.6 Å². The molecule has 0 amide bonds. The Morgan fingerprint density at radius 3 is 2.70 bits per heavy atom. The van der Waals surface area contributed by atoms with E-state index in [1.807, 2.05) is 11.3 Å². The second kappa shape index (κ2) is 5.77. The minimum atomic E-state index is 0.557. The van der Waals surface area contributed by atoms with Crippen molar-refractivity contribution in [3.05, 3.63) is 46.1 Å². The van der Waals surface area contributed by atoms with Crippen molar-refractivity contribution < 1.29 is 0 Å². The van der Waals surface area contributed by atoms with E-state index in [9.17, 15) is 0 Å². The van der Waals surface area contributed by atoms with Gasteiger partial charge in [0.25, 0.3) is 0 Å². The summed E-state index contributed by atoms with van der Waals surface area (Å²) in [4.78, 5) is 7.63. The minimum Gasteiger partial charge on any atom is -0.330 e. The van der Waals surface area contributed by atoms with Crippen molar-refractivity contribution in [3.8, 4) is 11.3 Å². The zero-order chi connectivity index (χ0) is 16.0. The van der Waals surface area contributed by atoms with Crippen LogP contribution in [0.5, 0.6) is 0 Å². The number of aromatic nitrogens is 2. The van der Waals surface area contributed by atoms with Crippen LogP contribution in [-0.4, -0.2) is 15.9 Å². The molecule has 0 aliphatic heterocycles. The molecule has 4 rings (SSSR count). The average molecular weight is 325 g/mol. The molecule has 0 bridgehead atoms. The average Bonchev–Trinajstić information content (AvgIpc) is 3.19. The van der Waals surface area contributed by atoms with E-state index in [0.29, 0.717) is 12.5 Å². The predicted octanol–water partition coefficient (Wildman–Crippen LogP) is 4.18. The molecule has 0 atom stereocenters. The summed E-state index contributed by atoms with van der Waals surface area (Å²) in [6.45, 7) is 5.12. The number of hydrogen-bond acceptors (Lipinski definition) is 3. The Morgan fingerprint density at radius 2 is 2.00 bits per heavy atom. The fraction of sp³-hybridized carbons (Fsp3) is 0.421. The van der Waals surface area contributed by atoms with Crippen molar-refractivity contribution >= 4 is 16.3 Å². The first-order chi connectivity index (χ1) is 11.2. The normalized spacial score (nSPS) is 14.1. The number of nitrogens with two attached hydrogens (primary N) is 1. The van der Waals surface area contributed by atoms with Gasteiger partial charge in [-0.1, -0.05) is 38.1 Å². The van der Waals surface area contributed by atoms with Crippen molar-refractivity contribution in [1.29, 1.82) is 0 Å². The first-order valence-electron chi connectivity index (χ1n) is 8.51. The molecule has 2 heterocycles. The van der Waals surface area contributed by atoms with Crippen LogP contribution in [-0.2, 0) is 19.3 Å². The molecule has 0 unspecified atom stereocenters. The number of thiazole rings is 1. The zero-order valence-electron chi connectivity index (χ0n) is 13.8. The molecule has 120 valence electrons. The van der Waals surface area contributed by atoms with Crippen molar-refractivity contribution in [2.45, 2.75) is 45.4 Å². The number of fused-ring (bicyclic) bond motifs is 3. The molecule has 1 aliphatic rings. The second-order valence-electron chi connectivity index (χ2n) is 6.67. The third-order valence-corrected chi connectivity index (χ3v) is 5.94. The molecule has 1 aliphatic carbocycles. The maximum Gasteiger partial charge on any atom is 0.194 e. The number of aryl methyl sites for hydroxylation is 2. The highest BCUT2D eigenvalue weighted by Crippen LogP contribution is 2.36. The molecule has 0 spiro atoms. The van der Waals surface area contributed by atoms with Gasteiger partial charge in [-0.25, -0.2) is 4.98 Å². The van der Waals surface area contributed by atoms with Crippen LogP contribution in [0.4, 0.5) is 0 Å². The van der Waals surface area contributed by atoms with E-state index in [2.05, 4.69) is 42.5 Å². The Kier molecular flexibility index (Phi) is 3.74. The third-order valence-electron chi connectivity index (χ3n) is 4.80. The molecule has 1 aromatic carbocycles. The SMILES string of the molecule is CC(C)c1ccc(-c2nc3sc4c(n3c2CCN)CCC4)cc1. The highest BCUT2D eigenvalue weighted by atomic mass is 32.1. The van der Waals surface area contributed by atoms with Crippen LogP contribution >= 0.6 is 11.3 Å².